The van der Waals surface area contributed by atoms with Crippen LogP contribution in [0, 0.1) is 11.5 Å². The second kappa shape index (κ2) is 5.54. The standard InChI is InChI=1S/C9H11N5/c1-11-9(14-7-10)13-6-8-4-2-3-5-12-8/h2-5H,6H2,1H3,(H2,11,13,14). The molecule has 0 fully saturated rings. The van der Waals surface area contributed by atoms with Crippen molar-refractivity contribution >= 4 is 5.96 Å². The average molecular weight is 189 g/mol. The van der Waals surface area contributed by atoms with Crippen LogP contribution in [0.15, 0.2) is 29.4 Å². The lowest BCUT2D eigenvalue weighted by Gasteiger charge is -2.05. The van der Waals surface area contributed by atoms with Crippen molar-refractivity contribution < 1.29 is 0 Å². The first-order chi connectivity index (χ1) is 6.86. The van der Waals surface area contributed by atoms with Crippen molar-refractivity contribution in [3.8, 4) is 6.19 Å². The van der Waals surface area contributed by atoms with E-state index in [1.807, 2.05) is 18.2 Å². The minimum atomic E-state index is 0.443. The van der Waals surface area contributed by atoms with E-state index in [9.17, 15) is 0 Å². The summed E-state index contributed by atoms with van der Waals surface area (Å²) >= 11 is 0. The molecule has 0 bridgehead atoms. The van der Waals surface area contributed by atoms with Gasteiger partial charge in [0.15, 0.2) is 6.19 Å². The lowest BCUT2D eigenvalue weighted by atomic mass is 10.3. The number of nitriles is 1. The highest BCUT2D eigenvalue weighted by molar-refractivity contribution is 5.80. The Balaban J connectivity index is 2.45. The second-order valence-electron chi connectivity index (χ2n) is 2.48. The van der Waals surface area contributed by atoms with Gasteiger partial charge in [-0.25, -0.2) is 0 Å². The zero-order valence-corrected chi connectivity index (χ0v) is 7.86. The minimum absolute atomic E-state index is 0.443. The van der Waals surface area contributed by atoms with E-state index in [1.54, 1.807) is 19.4 Å². The number of nitrogens with one attached hydrogen (secondary N) is 2. The van der Waals surface area contributed by atoms with Crippen LogP contribution < -0.4 is 10.6 Å². The number of nitrogens with zero attached hydrogens (tertiary/aromatic N) is 3. The molecule has 0 unspecified atom stereocenters. The van der Waals surface area contributed by atoms with E-state index in [0.29, 0.717) is 12.5 Å². The molecule has 1 heterocycles. The molecule has 5 nitrogen and oxygen atoms in total. The topological polar surface area (TPSA) is 73.1 Å². The van der Waals surface area contributed by atoms with E-state index in [1.165, 1.54) is 0 Å². The van der Waals surface area contributed by atoms with Gasteiger partial charge in [0.2, 0.25) is 5.96 Å². The van der Waals surface area contributed by atoms with E-state index in [0.717, 1.165) is 5.69 Å². The summed E-state index contributed by atoms with van der Waals surface area (Å²) in [5.74, 6) is 0.443. The number of rotatable bonds is 2. The molecule has 2 N–H and O–H groups in total. The highest BCUT2D eigenvalue weighted by Gasteiger charge is 1.96. The summed E-state index contributed by atoms with van der Waals surface area (Å²) in [6.07, 6.45) is 3.51. The minimum Gasteiger partial charge on any atom is -0.350 e. The first kappa shape index (κ1) is 9.99. The number of guanidine groups is 1. The van der Waals surface area contributed by atoms with Crippen LogP contribution in [0.3, 0.4) is 0 Å². The number of hydrogen-bond acceptors (Lipinski definition) is 3. The summed E-state index contributed by atoms with van der Waals surface area (Å²) in [6, 6.07) is 5.66. The van der Waals surface area contributed by atoms with Crippen LogP contribution in [0.5, 0.6) is 0 Å². The van der Waals surface area contributed by atoms with Gasteiger partial charge in [0, 0.05) is 13.2 Å². The summed E-state index contributed by atoms with van der Waals surface area (Å²) < 4.78 is 0. The summed E-state index contributed by atoms with van der Waals surface area (Å²) in [5, 5.41) is 13.7. The van der Waals surface area contributed by atoms with Crippen molar-refractivity contribution in [2.24, 2.45) is 4.99 Å². The van der Waals surface area contributed by atoms with Gasteiger partial charge in [-0.2, -0.15) is 5.26 Å². The fourth-order valence-corrected chi connectivity index (χ4v) is 0.909. The third kappa shape index (κ3) is 3.11. The van der Waals surface area contributed by atoms with Crippen molar-refractivity contribution in [3.05, 3.63) is 30.1 Å². The largest absolute Gasteiger partial charge is 0.350 e. The fraction of sp³-hybridized carbons (Fsp3) is 0.222. The molecule has 1 aromatic heterocycles. The third-order valence-electron chi connectivity index (χ3n) is 1.56. The number of hydrogen-bond donors (Lipinski definition) is 2. The van der Waals surface area contributed by atoms with Crippen LogP contribution in [-0.2, 0) is 6.54 Å². The predicted molar refractivity (Wildman–Crippen MR) is 53.2 cm³/mol. The van der Waals surface area contributed by atoms with Gasteiger partial charge in [-0.1, -0.05) is 6.07 Å². The Bertz CT molecular complexity index is 338. The van der Waals surface area contributed by atoms with Crippen LogP contribution >= 0.6 is 0 Å². The molecule has 0 aromatic carbocycles. The maximum atomic E-state index is 8.37. The van der Waals surface area contributed by atoms with Crippen molar-refractivity contribution in [2.45, 2.75) is 6.54 Å². The second-order valence-corrected chi connectivity index (χ2v) is 2.48. The molecule has 0 spiro atoms. The molecule has 1 aromatic rings. The third-order valence-corrected chi connectivity index (χ3v) is 1.56. The van der Waals surface area contributed by atoms with E-state index < -0.39 is 0 Å². The zero-order valence-electron chi connectivity index (χ0n) is 7.86. The Morgan fingerprint density at radius 3 is 3.07 bits per heavy atom. The normalized spacial score (nSPS) is 10.4. The molecule has 0 saturated heterocycles. The smallest absolute Gasteiger partial charge is 0.204 e. The molecule has 0 amide bonds. The van der Waals surface area contributed by atoms with Gasteiger partial charge in [0.05, 0.1) is 12.2 Å². The van der Waals surface area contributed by atoms with Crippen LogP contribution in [0.4, 0.5) is 0 Å². The predicted octanol–water partition coefficient (Wildman–Crippen LogP) is 0.228. The zero-order chi connectivity index (χ0) is 10.2. The first-order valence-corrected chi connectivity index (χ1v) is 4.12. The van der Waals surface area contributed by atoms with Crippen LogP contribution in [0.25, 0.3) is 0 Å². The molecule has 0 saturated carbocycles. The lowest BCUT2D eigenvalue weighted by molar-refractivity contribution is 0.847. The van der Waals surface area contributed by atoms with Crippen LogP contribution in [-0.4, -0.2) is 18.0 Å². The molecule has 0 radical (unpaired) electrons. The fourth-order valence-electron chi connectivity index (χ4n) is 0.909. The van der Waals surface area contributed by atoms with Gasteiger partial charge in [0.25, 0.3) is 0 Å². The van der Waals surface area contributed by atoms with Gasteiger partial charge >= 0.3 is 0 Å². The van der Waals surface area contributed by atoms with Crippen LogP contribution in [0.2, 0.25) is 0 Å². The molecular weight excluding hydrogens is 178 g/mol. The van der Waals surface area contributed by atoms with Crippen LogP contribution in [0.1, 0.15) is 5.69 Å². The Labute approximate surface area is 82.5 Å². The summed E-state index contributed by atoms with van der Waals surface area (Å²) in [7, 11) is 1.60. The molecule has 0 aliphatic carbocycles. The molecule has 72 valence electrons. The summed E-state index contributed by atoms with van der Waals surface area (Å²) in [4.78, 5) is 7.95. The van der Waals surface area contributed by atoms with E-state index in [-0.39, 0.29) is 0 Å². The molecule has 0 aliphatic rings. The van der Waals surface area contributed by atoms with Crippen molar-refractivity contribution in [1.29, 1.82) is 5.26 Å². The van der Waals surface area contributed by atoms with Crippen molar-refractivity contribution in [2.75, 3.05) is 7.05 Å². The van der Waals surface area contributed by atoms with Gasteiger partial charge in [0.1, 0.15) is 0 Å². The van der Waals surface area contributed by atoms with Gasteiger partial charge in [-0.05, 0) is 12.1 Å². The molecule has 1 rings (SSSR count). The molecule has 14 heavy (non-hydrogen) atoms. The quantitative estimate of drug-likeness (QED) is 0.302. The van der Waals surface area contributed by atoms with E-state index in [2.05, 4.69) is 20.6 Å². The Kier molecular flexibility index (Phi) is 3.95. The molecule has 5 heteroatoms. The maximum Gasteiger partial charge on any atom is 0.204 e. The maximum absolute atomic E-state index is 8.37. The molecular formula is C9H11N5. The van der Waals surface area contributed by atoms with Gasteiger partial charge in [-0.3, -0.25) is 15.3 Å². The highest BCUT2D eigenvalue weighted by Crippen LogP contribution is 1.91. The summed E-state index contributed by atoms with van der Waals surface area (Å²) in [6.45, 7) is 0.544. The Morgan fingerprint density at radius 2 is 2.50 bits per heavy atom. The lowest BCUT2D eigenvalue weighted by Crippen LogP contribution is -2.33. The number of aliphatic imine (C=N–C) groups is 1. The van der Waals surface area contributed by atoms with Crippen molar-refractivity contribution in [1.82, 2.24) is 15.6 Å². The van der Waals surface area contributed by atoms with E-state index >= 15 is 0 Å². The number of aromatic nitrogens is 1. The molecule has 0 aliphatic heterocycles. The van der Waals surface area contributed by atoms with Crippen molar-refractivity contribution in [3.63, 3.8) is 0 Å². The van der Waals surface area contributed by atoms with Gasteiger partial charge < -0.3 is 5.32 Å². The molecule has 0 atom stereocenters. The highest BCUT2D eigenvalue weighted by atomic mass is 15.2. The number of pyridine rings is 1. The Hall–Kier alpha value is -2.09. The first-order valence-electron chi connectivity index (χ1n) is 4.12. The monoisotopic (exact) mass is 189 g/mol. The Morgan fingerprint density at radius 1 is 1.64 bits per heavy atom. The van der Waals surface area contributed by atoms with Gasteiger partial charge in [-0.15, -0.1) is 0 Å². The average Bonchev–Trinajstić information content (AvgIpc) is 2.25. The van der Waals surface area contributed by atoms with E-state index in [4.69, 9.17) is 5.26 Å². The summed E-state index contributed by atoms with van der Waals surface area (Å²) in [5.41, 5.74) is 0.897. The SMILES string of the molecule is CN=C(NC#N)NCc1ccccn1.